The summed E-state index contributed by atoms with van der Waals surface area (Å²) in [7, 11) is 0.867. The molecule has 10 heteroatoms. The summed E-state index contributed by atoms with van der Waals surface area (Å²) in [6.07, 6.45) is -8.63. The summed E-state index contributed by atoms with van der Waals surface area (Å²) in [6, 6.07) is 0. The van der Waals surface area contributed by atoms with Gasteiger partial charge in [-0.05, 0) is 13.3 Å². The Hall–Kier alpha value is -0.640. The molecular weight excluding hydrogens is 328 g/mol. The summed E-state index contributed by atoms with van der Waals surface area (Å²) >= 11 is 0. The third kappa shape index (κ3) is 2.68. The van der Waals surface area contributed by atoms with Crippen LogP contribution in [0.5, 0.6) is 0 Å². The van der Waals surface area contributed by atoms with Crippen molar-refractivity contribution >= 4 is 0 Å². The summed E-state index contributed by atoms with van der Waals surface area (Å²) in [6.45, 7) is -0.340. The number of alkyl halides is 8. The molecule has 22 heavy (non-hydrogen) atoms. The van der Waals surface area contributed by atoms with Gasteiger partial charge >= 0.3 is 6.18 Å². The Kier molecular flexibility index (Phi) is 4.82. The Balaban J connectivity index is 3.54. The van der Waals surface area contributed by atoms with Gasteiger partial charge < -0.3 is 9.47 Å². The van der Waals surface area contributed by atoms with Crippen molar-refractivity contribution in [3.8, 4) is 0 Å². The molecule has 0 saturated heterocycles. The minimum Gasteiger partial charge on any atom is -0.359 e. The first kappa shape index (κ1) is 19.4. The molecule has 0 N–H and O–H groups in total. The van der Waals surface area contributed by atoms with Crippen LogP contribution in [0.2, 0.25) is 0 Å². The lowest BCUT2D eigenvalue weighted by Gasteiger charge is -2.38. The zero-order valence-corrected chi connectivity index (χ0v) is 12.0. The normalized spacial score (nSPS) is 35.9. The molecule has 1 rings (SSSR count). The molecule has 132 valence electrons. The molecule has 1 aliphatic rings. The van der Waals surface area contributed by atoms with Crippen molar-refractivity contribution in [2.75, 3.05) is 13.9 Å². The lowest BCUT2D eigenvalue weighted by molar-refractivity contribution is -0.362. The fourth-order valence-electron chi connectivity index (χ4n) is 2.97. The van der Waals surface area contributed by atoms with Crippen molar-refractivity contribution in [1.82, 2.24) is 0 Å². The highest BCUT2D eigenvalue weighted by atomic mass is 19.4. The maximum atomic E-state index is 14.6. The SMILES string of the molecule is CCC1(F)CC(OCOC)(C(F)(F)F)C(F)(F)C1C(C)(F)F. The molecule has 0 amide bonds. The summed E-state index contributed by atoms with van der Waals surface area (Å²) in [5.41, 5.74) is -7.81. The zero-order chi connectivity index (χ0) is 17.6. The van der Waals surface area contributed by atoms with Crippen LogP contribution in [0.4, 0.5) is 35.1 Å². The molecule has 0 heterocycles. The van der Waals surface area contributed by atoms with Gasteiger partial charge in [0.15, 0.2) is 0 Å². The quantitative estimate of drug-likeness (QED) is 0.546. The predicted molar refractivity (Wildman–Crippen MR) is 59.6 cm³/mol. The Morgan fingerprint density at radius 2 is 1.59 bits per heavy atom. The van der Waals surface area contributed by atoms with E-state index in [9.17, 15) is 35.1 Å². The summed E-state index contributed by atoms with van der Waals surface area (Å²) < 4.78 is 118. The Labute approximate surface area is 121 Å². The zero-order valence-electron chi connectivity index (χ0n) is 12.0. The minimum absolute atomic E-state index is 0.0294. The molecule has 0 radical (unpaired) electrons. The van der Waals surface area contributed by atoms with Crippen molar-refractivity contribution in [1.29, 1.82) is 0 Å². The number of rotatable bonds is 5. The molecule has 0 aromatic rings. The third-order valence-electron chi connectivity index (χ3n) is 3.94. The maximum Gasteiger partial charge on any atom is 0.423 e. The van der Waals surface area contributed by atoms with E-state index in [-0.39, 0.29) is 6.92 Å². The Morgan fingerprint density at radius 1 is 1.09 bits per heavy atom. The average molecular weight is 344 g/mol. The first-order valence-electron chi connectivity index (χ1n) is 6.34. The van der Waals surface area contributed by atoms with E-state index in [1.54, 1.807) is 0 Å². The van der Waals surface area contributed by atoms with E-state index in [2.05, 4.69) is 9.47 Å². The number of methoxy groups -OCH3 is 1. The van der Waals surface area contributed by atoms with Crippen LogP contribution in [0.25, 0.3) is 0 Å². The van der Waals surface area contributed by atoms with Gasteiger partial charge in [0.2, 0.25) is 5.60 Å². The summed E-state index contributed by atoms with van der Waals surface area (Å²) in [5.74, 6) is -13.0. The van der Waals surface area contributed by atoms with Crippen LogP contribution >= 0.6 is 0 Å². The van der Waals surface area contributed by atoms with Gasteiger partial charge in [0.25, 0.3) is 11.8 Å². The molecule has 0 spiro atoms. The Bertz CT molecular complexity index is 405. The number of halogens is 8. The monoisotopic (exact) mass is 344 g/mol. The molecule has 3 atom stereocenters. The van der Waals surface area contributed by atoms with Crippen LogP contribution < -0.4 is 0 Å². The maximum absolute atomic E-state index is 14.6. The molecule has 3 unspecified atom stereocenters. The standard InChI is InChI=1S/C12H16F8O2/c1-4-9(15)5-10(12(18,19)20,22-6-21-3)11(16,17)7(9)8(2,13)14/h7H,4-6H2,1-3H3. The van der Waals surface area contributed by atoms with Crippen LogP contribution in [0.15, 0.2) is 0 Å². The lowest BCUT2D eigenvalue weighted by atomic mass is 9.84. The Morgan fingerprint density at radius 3 is 1.86 bits per heavy atom. The van der Waals surface area contributed by atoms with Gasteiger partial charge in [-0.25, -0.2) is 22.0 Å². The van der Waals surface area contributed by atoms with Crippen LogP contribution in [0.3, 0.4) is 0 Å². The highest BCUT2D eigenvalue weighted by Gasteiger charge is 2.85. The molecule has 0 aliphatic heterocycles. The number of ether oxygens (including phenoxy) is 2. The van der Waals surface area contributed by atoms with E-state index >= 15 is 0 Å². The fraction of sp³-hybridized carbons (Fsp3) is 1.00. The van der Waals surface area contributed by atoms with E-state index < -0.39 is 54.8 Å². The summed E-state index contributed by atoms with van der Waals surface area (Å²) in [5, 5.41) is 0. The van der Waals surface area contributed by atoms with E-state index in [1.165, 1.54) is 0 Å². The van der Waals surface area contributed by atoms with E-state index in [0.29, 0.717) is 0 Å². The van der Waals surface area contributed by atoms with Crippen LogP contribution in [0.1, 0.15) is 26.7 Å². The van der Waals surface area contributed by atoms with Gasteiger partial charge in [-0.2, -0.15) is 13.2 Å². The number of hydrogen-bond acceptors (Lipinski definition) is 2. The molecule has 0 aromatic carbocycles. The average Bonchev–Trinajstić information content (AvgIpc) is 2.50. The molecule has 0 bridgehead atoms. The minimum atomic E-state index is -5.76. The van der Waals surface area contributed by atoms with Crippen LogP contribution in [-0.4, -0.2) is 43.2 Å². The van der Waals surface area contributed by atoms with Crippen molar-refractivity contribution < 1.29 is 44.6 Å². The second kappa shape index (κ2) is 5.47. The molecule has 1 saturated carbocycles. The first-order chi connectivity index (χ1) is 9.69. The number of hydrogen-bond donors (Lipinski definition) is 0. The fourth-order valence-corrected chi connectivity index (χ4v) is 2.97. The van der Waals surface area contributed by atoms with Gasteiger partial charge in [-0.15, -0.1) is 0 Å². The smallest absolute Gasteiger partial charge is 0.359 e. The van der Waals surface area contributed by atoms with Gasteiger partial charge in [-0.3, -0.25) is 0 Å². The van der Waals surface area contributed by atoms with E-state index in [1.807, 2.05) is 0 Å². The van der Waals surface area contributed by atoms with Gasteiger partial charge in [0.1, 0.15) is 18.4 Å². The molecular formula is C12H16F8O2. The highest BCUT2D eigenvalue weighted by Crippen LogP contribution is 2.66. The topological polar surface area (TPSA) is 18.5 Å². The van der Waals surface area contributed by atoms with Crippen molar-refractivity contribution in [3.63, 3.8) is 0 Å². The van der Waals surface area contributed by atoms with Crippen molar-refractivity contribution in [3.05, 3.63) is 0 Å². The molecule has 0 aromatic heterocycles. The van der Waals surface area contributed by atoms with Gasteiger partial charge in [0.05, 0.1) is 0 Å². The largest absolute Gasteiger partial charge is 0.423 e. The van der Waals surface area contributed by atoms with E-state index in [0.717, 1.165) is 14.0 Å². The van der Waals surface area contributed by atoms with Gasteiger partial charge in [0, 0.05) is 13.5 Å². The second-order valence-electron chi connectivity index (χ2n) is 5.45. The molecule has 1 aliphatic carbocycles. The van der Waals surface area contributed by atoms with Crippen molar-refractivity contribution in [2.45, 2.75) is 56.0 Å². The highest BCUT2D eigenvalue weighted by molar-refractivity contribution is 5.20. The van der Waals surface area contributed by atoms with E-state index in [4.69, 9.17) is 0 Å². The second-order valence-corrected chi connectivity index (χ2v) is 5.45. The molecule has 2 nitrogen and oxygen atoms in total. The predicted octanol–water partition coefficient (Wildman–Crippen LogP) is 4.34. The third-order valence-corrected chi connectivity index (χ3v) is 3.94. The van der Waals surface area contributed by atoms with Crippen LogP contribution in [-0.2, 0) is 9.47 Å². The van der Waals surface area contributed by atoms with Crippen molar-refractivity contribution in [2.24, 2.45) is 5.92 Å². The molecule has 1 fully saturated rings. The van der Waals surface area contributed by atoms with Gasteiger partial charge in [-0.1, -0.05) is 6.92 Å². The lowest BCUT2D eigenvalue weighted by Crippen LogP contribution is -2.61. The first-order valence-corrected chi connectivity index (χ1v) is 6.34. The summed E-state index contributed by atoms with van der Waals surface area (Å²) in [4.78, 5) is 0. The van der Waals surface area contributed by atoms with Crippen LogP contribution in [0, 0.1) is 5.92 Å².